The van der Waals surface area contributed by atoms with Gasteiger partial charge in [-0.3, -0.25) is 0 Å². The first-order valence-electron chi connectivity index (χ1n) is 5.11. The SMILES string of the molecule is Cn1cc(C#N)nc1-c1ccc2c(c1)OCO2. The van der Waals surface area contributed by atoms with Gasteiger partial charge in [-0.25, -0.2) is 4.98 Å². The zero-order valence-electron chi connectivity index (χ0n) is 9.17. The van der Waals surface area contributed by atoms with Gasteiger partial charge in [0.1, 0.15) is 11.9 Å². The van der Waals surface area contributed by atoms with Gasteiger partial charge in [-0.15, -0.1) is 0 Å². The summed E-state index contributed by atoms with van der Waals surface area (Å²) in [7, 11) is 1.85. The highest BCUT2D eigenvalue weighted by atomic mass is 16.7. The minimum Gasteiger partial charge on any atom is -0.454 e. The molecule has 1 aliphatic rings. The molecule has 0 unspecified atom stereocenters. The van der Waals surface area contributed by atoms with Crippen molar-refractivity contribution in [2.24, 2.45) is 7.05 Å². The molecule has 0 saturated carbocycles. The number of aryl methyl sites for hydroxylation is 1. The molecule has 1 aromatic heterocycles. The van der Waals surface area contributed by atoms with Crippen molar-refractivity contribution in [2.75, 3.05) is 6.79 Å². The molecule has 0 amide bonds. The molecule has 0 saturated heterocycles. The Balaban J connectivity index is 2.09. The van der Waals surface area contributed by atoms with Crippen molar-refractivity contribution in [3.63, 3.8) is 0 Å². The molecular formula is C12H9N3O2. The van der Waals surface area contributed by atoms with Crippen LogP contribution in [0, 0.1) is 11.3 Å². The van der Waals surface area contributed by atoms with E-state index in [9.17, 15) is 0 Å². The number of hydrogen-bond donors (Lipinski definition) is 0. The molecule has 2 aromatic rings. The maximum absolute atomic E-state index is 8.81. The van der Waals surface area contributed by atoms with Crippen LogP contribution in [0.25, 0.3) is 11.4 Å². The van der Waals surface area contributed by atoms with Gasteiger partial charge >= 0.3 is 0 Å². The molecular weight excluding hydrogens is 218 g/mol. The minimum absolute atomic E-state index is 0.253. The average molecular weight is 227 g/mol. The second-order valence-electron chi connectivity index (χ2n) is 3.74. The second-order valence-corrected chi connectivity index (χ2v) is 3.74. The van der Waals surface area contributed by atoms with E-state index in [0.29, 0.717) is 11.4 Å². The molecule has 0 atom stereocenters. The number of hydrogen-bond acceptors (Lipinski definition) is 4. The fraction of sp³-hybridized carbons (Fsp3) is 0.167. The Morgan fingerprint density at radius 3 is 2.94 bits per heavy atom. The Labute approximate surface area is 97.8 Å². The van der Waals surface area contributed by atoms with Crippen LogP contribution in [-0.2, 0) is 7.05 Å². The molecule has 5 nitrogen and oxygen atoms in total. The molecule has 2 heterocycles. The molecule has 0 radical (unpaired) electrons. The number of imidazole rings is 1. The van der Waals surface area contributed by atoms with Crippen molar-refractivity contribution in [3.8, 4) is 29.0 Å². The molecule has 0 spiro atoms. The predicted octanol–water partition coefficient (Wildman–Crippen LogP) is 1.69. The summed E-state index contributed by atoms with van der Waals surface area (Å²) in [5.74, 6) is 2.19. The molecule has 1 aromatic carbocycles. The van der Waals surface area contributed by atoms with Gasteiger partial charge in [-0.2, -0.15) is 5.26 Å². The van der Waals surface area contributed by atoms with E-state index in [4.69, 9.17) is 14.7 Å². The summed E-state index contributed by atoms with van der Waals surface area (Å²) in [6.07, 6.45) is 1.69. The third-order valence-corrected chi connectivity index (χ3v) is 2.62. The Kier molecular flexibility index (Phi) is 2.02. The molecule has 17 heavy (non-hydrogen) atoms. The zero-order chi connectivity index (χ0) is 11.8. The van der Waals surface area contributed by atoms with Crippen LogP contribution < -0.4 is 9.47 Å². The fourth-order valence-corrected chi connectivity index (χ4v) is 1.82. The van der Waals surface area contributed by atoms with Gasteiger partial charge in [-0.1, -0.05) is 0 Å². The largest absolute Gasteiger partial charge is 0.454 e. The van der Waals surface area contributed by atoms with E-state index in [1.807, 2.05) is 35.9 Å². The molecule has 0 bridgehead atoms. The quantitative estimate of drug-likeness (QED) is 0.743. The standard InChI is InChI=1S/C12H9N3O2/c1-15-6-9(5-13)14-12(15)8-2-3-10-11(4-8)17-7-16-10/h2-4,6H,7H2,1H3. The van der Waals surface area contributed by atoms with Crippen molar-refractivity contribution < 1.29 is 9.47 Å². The van der Waals surface area contributed by atoms with Crippen LogP contribution >= 0.6 is 0 Å². The van der Waals surface area contributed by atoms with Gasteiger partial charge < -0.3 is 14.0 Å². The van der Waals surface area contributed by atoms with Crippen molar-refractivity contribution in [2.45, 2.75) is 0 Å². The van der Waals surface area contributed by atoms with E-state index in [1.54, 1.807) is 6.20 Å². The molecule has 3 rings (SSSR count). The van der Waals surface area contributed by atoms with Crippen LogP contribution in [-0.4, -0.2) is 16.3 Å². The second kappa shape index (κ2) is 3.52. The van der Waals surface area contributed by atoms with Crippen LogP contribution in [0.15, 0.2) is 24.4 Å². The van der Waals surface area contributed by atoms with Crippen molar-refractivity contribution in [1.29, 1.82) is 5.26 Å². The van der Waals surface area contributed by atoms with Crippen LogP contribution in [0.3, 0.4) is 0 Å². The number of nitriles is 1. The summed E-state index contributed by atoms with van der Waals surface area (Å²) in [6.45, 7) is 0.253. The maximum Gasteiger partial charge on any atom is 0.231 e. The Morgan fingerprint density at radius 2 is 2.18 bits per heavy atom. The number of benzene rings is 1. The fourth-order valence-electron chi connectivity index (χ4n) is 1.82. The first kappa shape index (κ1) is 9.73. The number of fused-ring (bicyclic) bond motifs is 1. The zero-order valence-corrected chi connectivity index (χ0v) is 9.17. The lowest BCUT2D eigenvalue weighted by atomic mass is 10.2. The van der Waals surface area contributed by atoms with Gasteiger partial charge in [0, 0.05) is 18.8 Å². The molecule has 84 valence electrons. The lowest BCUT2D eigenvalue weighted by molar-refractivity contribution is 0.174. The highest BCUT2D eigenvalue weighted by Crippen LogP contribution is 2.35. The Bertz CT molecular complexity index is 625. The van der Waals surface area contributed by atoms with Crippen LogP contribution in [0.1, 0.15) is 5.69 Å². The highest BCUT2D eigenvalue weighted by Gasteiger charge is 2.16. The lowest BCUT2D eigenvalue weighted by Gasteiger charge is -2.02. The van der Waals surface area contributed by atoms with Crippen LogP contribution in [0.5, 0.6) is 11.5 Å². The topological polar surface area (TPSA) is 60.1 Å². The number of nitrogens with zero attached hydrogens (tertiary/aromatic N) is 3. The van der Waals surface area contributed by atoms with Crippen LogP contribution in [0.4, 0.5) is 0 Å². The summed E-state index contributed by atoms with van der Waals surface area (Å²) in [5.41, 5.74) is 1.30. The normalized spacial score (nSPS) is 12.5. The van der Waals surface area contributed by atoms with E-state index < -0.39 is 0 Å². The molecule has 0 fully saturated rings. The summed E-state index contributed by atoms with van der Waals surface area (Å²) in [6, 6.07) is 7.63. The van der Waals surface area contributed by atoms with E-state index in [1.165, 1.54) is 0 Å². The van der Waals surface area contributed by atoms with E-state index in [2.05, 4.69) is 4.98 Å². The van der Waals surface area contributed by atoms with Gasteiger partial charge in [0.25, 0.3) is 0 Å². The predicted molar refractivity (Wildman–Crippen MR) is 59.5 cm³/mol. The molecule has 0 N–H and O–H groups in total. The highest BCUT2D eigenvalue weighted by molar-refractivity contribution is 5.62. The van der Waals surface area contributed by atoms with Crippen molar-refractivity contribution in [3.05, 3.63) is 30.1 Å². The summed E-state index contributed by atoms with van der Waals surface area (Å²) < 4.78 is 12.4. The van der Waals surface area contributed by atoms with E-state index >= 15 is 0 Å². The lowest BCUT2D eigenvalue weighted by Crippen LogP contribution is -1.93. The number of rotatable bonds is 1. The number of aromatic nitrogens is 2. The monoisotopic (exact) mass is 227 g/mol. The maximum atomic E-state index is 8.81. The van der Waals surface area contributed by atoms with Crippen LogP contribution in [0.2, 0.25) is 0 Å². The van der Waals surface area contributed by atoms with Gasteiger partial charge in [0.15, 0.2) is 17.2 Å². The average Bonchev–Trinajstić information content (AvgIpc) is 2.93. The van der Waals surface area contributed by atoms with Gasteiger partial charge in [-0.05, 0) is 18.2 Å². The summed E-state index contributed by atoms with van der Waals surface area (Å²) >= 11 is 0. The number of ether oxygens (including phenoxy) is 2. The molecule has 1 aliphatic heterocycles. The summed E-state index contributed by atoms with van der Waals surface area (Å²) in [5, 5.41) is 8.81. The third kappa shape index (κ3) is 1.51. The van der Waals surface area contributed by atoms with E-state index in [-0.39, 0.29) is 6.79 Å². The minimum atomic E-state index is 0.253. The first-order valence-corrected chi connectivity index (χ1v) is 5.11. The Morgan fingerprint density at radius 1 is 1.35 bits per heavy atom. The van der Waals surface area contributed by atoms with Gasteiger partial charge in [0.2, 0.25) is 6.79 Å². The third-order valence-electron chi connectivity index (χ3n) is 2.62. The Hall–Kier alpha value is -2.48. The van der Waals surface area contributed by atoms with Crippen molar-refractivity contribution >= 4 is 0 Å². The van der Waals surface area contributed by atoms with Crippen molar-refractivity contribution in [1.82, 2.24) is 9.55 Å². The summed E-state index contributed by atoms with van der Waals surface area (Å²) in [4.78, 5) is 4.23. The first-order chi connectivity index (χ1) is 8.28. The smallest absolute Gasteiger partial charge is 0.231 e. The van der Waals surface area contributed by atoms with Gasteiger partial charge in [0.05, 0.1) is 0 Å². The molecule has 0 aliphatic carbocycles. The van der Waals surface area contributed by atoms with E-state index in [0.717, 1.165) is 17.1 Å². The molecule has 5 heteroatoms.